The molecule has 1 saturated heterocycles. The van der Waals surface area contributed by atoms with Crippen LogP contribution in [0.25, 0.3) is 16.9 Å². The highest BCUT2D eigenvalue weighted by Crippen LogP contribution is 2.24. The van der Waals surface area contributed by atoms with E-state index >= 15 is 0 Å². The number of piperidine rings is 1. The quantitative estimate of drug-likeness (QED) is 0.508. The SMILES string of the molecule is O=C(c1cc(-c2ccccc2)nn1-c1ccc([N+](=O)[O-])cc1)N1CCCCC1. The number of hydrogen-bond donors (Lipinski definition) is 0. The Morgan fingerprint density at radius 1 is 0.964 bits per heavy atom. The molecule has 7 nitrogen and oxygen atoms in total. The van der Waals surface area contributed by atoms with E-state index in [9.17, 15) is 14.9 Å². The number of amides is 1. The summed E-state index contributed by atoms with van der Waals surface area (Å²) in [4.78, 5) is 25.5. The number of nitro benzene ring substituents is 1. The third kappa shape index (κ3) is 3.51. The fourth-order valence-electron chi connectivity index (χ4n) is 3.45. The highest BCUT2D eigenvalue weighted by molar-refractivity contribution is 5.94. The summed E-state index contributed by atoms with van der Waals surface area (Å²) in [5, 5.41) is 15.6. The molecule has 0 unspecified atom stereocenters. The molecule has 0 atom stereocenters. The largest absolute Gasteiger partial charge is 0.337 e. The number of carbonyl (C=O) groups is 1. The topological polar surface area (TPSA) is 81.3 Å². The van der Waals surface area contributed by atoms with Gasteiger partial charge < -0.3 is 4.90 Å². The van der Waals surface area contributed by atoms with Gasteiger partial charge in [-0.3, -0.25) is 14.9 Å². The predicted octanol–water partition coefficient (Wildman–Crippen LogP) is 4.07. The number of carbonyl (C=O) groups excluding carboxylic acids is 1. The van der Waals surface area contributed by atoms with Gasteiger partial charge >= 0.3 is 0 Å². The van der Waals surface area contributed by atoms with Gasteiger partial charge in [-0.05, 0) is 37.5 Å². The van der Waals surface area contributed by atoms with E-state index in [-0.39, 0.29) is 11.6 Å². The number of nitrogens with zero attached hydrogens (tertiary/aromatic N) is 4. The molecule has 28 heavy (non-hydrogen) atoms. The number of benzene rings is 2. The third-order valence-electron chi connectivity index (χ3n) is 4.95. The summed E-state index contributed by atoms with van der Waals surface area (Å²) in [6.07, 6.45) is 3.15. The summed E-state index contributed by atoms with van der Waals surface area (Å²) in [6.45, 7) is 1.48. The molecule has 1 amide bonds. The first kappa shape index (κ1) is 17.9. The second-order valence-electron chi connectivity index (χ2n) is 6.82. The lowest BCUT2D eigenvalue weighted by molar-refractivity contribution is -0.384. The Morgan fingerprint density at radius 2 is 1.64 bits per heavy atom. The minimum absolute atomic E-state index is 0.00287. The van der Waals surface area contributed by atoms with Crippen LogP contribution in [-0.2, 0) is 0 Å². The van der Waals surface area contributed by atoms with E-state index < -0.39 is 4.92 Å². The van der Waals surface area contributed by atoms with Crippen LogP contribution in [0.1, 0.15) is 29.8 Å². The van der Waals surface area contributed by atoms with Crippen molar-refractivity contribution in [1.82, 2.24) is 14.7 Å². The van der Waals surface area contributed by atoms with Gasteiger partial charge in [0.05, 0.1) is 16.3 Å². The minimum Gasteiger partial charge on any atom is -0.337 e. The standard InChI is InChI=1S/C21H20N4O3/c26-21(23-13-5-2-6-14-23)20-15-19(16-7-3-1-4-8-16)22-24(20)17-9-11-18(12-10-17)25(27)28/h1,3-4,7-12,15H,2,5-6,13-14H2. The van der Waals surface area contributed by atoms with Gasteiger partial charge in [0.1, 0.15) is 5.69 Å². The maximum atomic E-state index is 13.2. The maximum Gasteiger partial charge on any atom is 0.272 e. The van der Waals surface area contributed by atoms with Gasteiger partial charge in [0.25, 0.3) is 11.6 Å². The molecule has 0 aliphatic carbocycles. The van der Waals surface area contributed by atoms with Crippen molar-refractivity contribution in [1.29, 1.82) is 0 Å². The van der Waals surface area contributed by atoms with Gasteiger partial charge in [0.2, 0.25) is 0 Å². The molecule has 1 aromatic heterocycles. The van der Waals surface area contributed by atoms with Crippen LogP contribution in [0.2, 0.25) is 0 Å². The summed E-state index contributed by atoms with van der Waals surface area (Å²) >= 11 is 0. The smallest absolute Gasteiger partial charge is 0.272 e. The zero-order valence-corrected chi connectivity index (χ0v) is 15.3. The zero-order chi connectivity index (χ0) is 19.5. The van der Waals surface area contributed by atoms with Crippen LogP contribution in [0.4, 0.5) is 5.69 Å². The van der Waals surface area contributed by atoms with E-state index in [1.165, 1.54) is 12.1 Å². The van der Waals surface area contributed by atoms with Gasteiger partial charge in [0, 0.05) is 30.8 Å². The Hall–Kier alpha value is -3.48. The number of rotatable bonds is 4. The predicted molar refractivity (Wildman–Crippen MR) is 105 cm³/mol. The lowest BCUT2D eigenvalue weighted by Crippen LogP contribution is -2.36. The molecule has 142 valence electrons. The normalized spacial score (nSPS) is 14.1. The van der Waals surface area contributed by atoms with Crippen molar-refractivity contribution in [3.63, 3.8) is 0 Å². The number of non-ortho nitro benzene ring substituents is 1. The molecule has 1 aliphatic heterocycles. The van der Waals surface area contributed by atoms with Crippen LogP contribution >= 0.6 is 0 Å². The summed E-state index contributed by atoms with van der Waals surface area (Å²) in [5.74, 6) is -0.0623. The Balaban J connectivity index is 1.77. The van der Waals surface area contributed by atoms with Crippen molar-refractivity contribution in [2.24, 2.45) is 0 Å². The highest BCUT2D eigenvalue weighted by Gasteiger charge is 2.24. The molecular formula is C21H20N4O3. The Kier molecular flexibility index (Phi) is 4.89. The van der Waals surface area contributed by atoms with Gasteiger partial charge in [-0.25, -0.2) is 4.68 Å². The van der Waals surface area contributed by atoms with Crippen LogP contribution in [0, 0.1) is 10.1 Å². The van der Waals surface area contributed by atoms with E-state index in [1.807, 2.05) is 35.2 Å². The van der Waals surface area contributed by atoms with Crippen molar-refractivity contribution in [2.45, 2.75) is 19.3 Å². The average Bonchev–Trinajstić information content (AvgIpc) is 3.20. The first-order valence-corrected chi connectivity index (χ1v) is 9.33. The Bertz CT molecular complexity index is 990. The molecule has 3 aromatic rings. The van der Waals surface area contributed by atoms with Crippen LogP contribution in [0.3, 0.4) is 0 Å². The maximum absolute atomic E-state index is 13.2. The molecule has 0 spiro atoms. The van der Waals surface area contributed by atoms with Gasteiger partial charge in [-0.1, -0.05) is 30.3 Å². The van der Waals surface area contributed by atoms with Crippen LogP contribution < -0.4 is 0 Å². The van der Waals surface area contributed by atoms with Gasteiger partial charge in [-0.2, -0.15) is 5.10 Å². The van der Waals surface area contributed by atoms with E-state index in [4.69, 9.17) is 0 Å². The minimum atomic E-state index is -0.442. The molecular weight excluding hydrogens is 356 g/mol. The molecule has 1 fully saturated rings. The fourth-order valence-corrected chi connectivity index (χ4v) is 3.45. The Labute approximate surface area is 162 Å². The molecule has 7 heteroatoms. The summed E-state index contributed by atoms with van der Waals surface area (Å²) in [5.41, 5.74) is 2.70. The van der Waals surface area contributed by atoms with Crippen molar-refractivity contribution < 1.29 is 9.72 Å². The molecule has 0 bridgehead atoms. The highest BCUT2D eigenvalue weighted by atomic mass is 16.6. The molecule has 4 rings (SSSR count). The second kappa shape index (κ2) is 7.64. The number of likely N-dealkylation sites (tertiary alicyclic amines) is 1. The molecule has 1 aliphatic rings. The van der Waals surface area contributed by atoms with Gasteiger partial charge in [-0.15, -0.1) is 0 Å². The summed E-state index contributed by atoms with van der Waals surface area (Å²) < 4.78 is 1.59. The van der Waals surface area contributed by atoms with E-state index in [0.29, 0.717) is 17.1 Å². The van der Waals surface area contributed by atoms with Crippen molar-refractivity contribution in [3.8, 4) is 16.9 Å². The third-order valence-corrected chi connectivity index (χ3v) is 4.95. The first-order chi connectivity index (χ1) is 13.6. The number of aromatic nitrogens is 2. The van der Waals surface area contributed by atoms with E-state index in [0.717, 1.165) is 37.9 Å². The fraction of sp³-hybridized carbons (Fsp3) is 0.238. The van der Waals surface area contributed by atoms with Crippen molar-refractivity contribution in [2.75, 3.05) is 13.1 Å². The van der Waals surface area contributed by atoms with Gasteiger partial charge in [0.15, 0.2) is 0 Å². The van der Waals surface area contributed by atoms with Crippen LogP contribution in [0.15, 0.2) is 60.7 Å². The Morgan fingerprint density at radius 3 is 2.29 bits per heavy atom. The number of nitro groups is 1. The molecule has 0 N–H and O–H groups in total. The monoisotopic (exact) mass is 376 g/mol. The first-order valence-electron chi connectivity index (χ1n) is 9.33. The van der Waals surface area contributed by atoms with Crippen LogP contribution in [0.5, 0.6) is 0 Å². The average molecular weight is 376 g/mol. The molecule has 0 saturated carbocycles. The lowest BCUT2D eigenvalue weighted by atomic mass is 10.1. The number of hydrogen-bond acceptors (Lipinski definition) is 4. The lowest BCUT2D eigenvalue weighted by Gasteiger charge is -2.26. The van der Waals surface area contributed by atoms with E-state index in [2.05, 4.69) is 5.10 Å². The van der Waals surface area contributed by atoms with Crippen molar-refractivity contribution >= 4 is 11.6 Å². The van der Waals surface area contributed by atoms with Crippen molar-refractivity contribution in [3.05, 3.63) is 76.5 Å². The second-order valence-corrected chi connectivity index (χ2v) is 6.82. The summed E-state index contributed by atoms with van der Waals surface area (Å²) in [7, 11) is 0. The molecule has 2 aromatic carbocycles. The van der Waals surface area contributed by atoms with Crippen LogP contribution in [-0.4, -0.2) is 38.6 Å². The molecule has 0 radical (unpaired) electrons. The molecule has 2 heterocycles. The zero-order valence-electron chi connectivity index (χ0n) is 15.3. The summed E-state index contributed by atoms with van der Waals surface area (Å²) in [6, 6.07) is 17.5. The van der Waals surface area contributed by atoms with E-state index in [1.54, 1.807) is 22.9 Å².